The van der Waals surface area contributed by atoms with Crippen LogP contribution in [-0.4, -0.2) is 48.3 Å². The number of aliphatic hydroxyl groups is 1. The molecule has 1 aromatic rings. The highest BCUT2D eigenvalue weighted by atomic mass is 32.1. The number of piperidine rings is 1. The van der Waals surface area contributed by atoms with Crippen LogP contribution in [0, 0.1) is 6.92 Å². The van der Waals surface area contributed by atoms with Crippen LogP contribution in [0.4, 0.5) is 5.13 Å². The van der Waals surface area contributed by atoms with Gasteiger partial charge in [-0.3, -0.25) is 4.90 Å². The molecule has 0 saturated carbocycles. The second-order valence-electron chi connectivity index (χ2n) is 5.53. The molecule has 1 atom stereocenters. The molecular formula is C14H25N3OS. The molecule has 0 spiro atoms. The predicted molar refractivity (Wildman–Crippen MR) is 80.9 cm³/mol. The molecule has 0 amide bonds. The van der Waals surface area contributed by atoms with Gasteiger partial charge in [-0.05, 0) is 32.7 Å². The van der Waals surface area contributed by atoms with E-state index < -0.39 is 0 Å². The smallest absolute Gasteiger partial charge is 0.185 e. The van der Waals surface area contributed by atoms with Gasteiger partial charge in [-0.15, -0.1) is 11.3 Å². The molecule has 1 fully saturated rings. The lowest BCUT2D eigenvalue weighted by Gasteiger charge is -2.35. The van der Waals surface area contributed by atoms with E-state index in [0.717, 1.165) is 30.3 Å². The number of thiazole rings is 1. The molecule has 2 heterocycles. The summed E-state index contributed by atoms with van der Waals surface area (Å²) in [5, 5.41) is 10.3. The minimum atomic E-state index is 0.297. The molecule has 1 saturated heterocycles. The molecule has 0 radical (unpaired) electrons. The van der Waals surface area contributed by atoms with Crippen LogP contribution in [0.3, 0.4) is 0 Å². The zero-order chi connectivity index (χ0) is 13.8. The number of hydrogen-bond donors (Lipinski definition) is 1. The lowest BCUT2D eigenvalue weighted by molar-refractivity contribution is 0.113. The summed E-state index contributed by atoms with van der Waals surface area (Å²) >= 11 is 1.79. The van der Waals surface area contributed by atoms with E-state index in [-0.39, 0.29) is 0 Å². The number of anilines is 1. The molecule has 0 bridgehead atoms. The predicted octanol–water partition coefficient (Wildman–Crippen LogP) is 2.25. The Labute approximate surface area is 120 Å². The molecular weight excluding hydrogens is 258 g/mol. The number of hydrogen-bond acceptors (Lipinski definition) is 5. The first-order chi connectivity index (χ1) is 9.11. The van der Waals surface area contributed by atoms with Crippen molar-refractivity contribution < 1.29 is 5.11 Å². The van der Waals surface area contributed by atoms with Crippen LogP contribution < -0.4 is 4.90 Å². The highest BCUT2D eigenvalue weighted by Crippen LogP contribution is 2.28. The summed E-state index contributed by atoms with van der Waals surface area (Å²) < 4.78 is 0. The average Bonchev–Trinajstić information content (AvgIpc) is 2.74. The Morgan fingerprint density at radius 2 is 2.21 bits per heavy atom. The molecule has 2 rings (SSSR count). The summed E-state index contributed by atoms with van der Waals surface area (Å²) in [4.78, 5) is 10.6. The summed E-state index contributed by atoms with van der Waals surface area (Å²) in [7, 11) is 4.08. The van der Waals surface area contributed by atoms with E-state index in [4.69, 9.17) is 0 Å². The van der Waals surface area contributed by atoms with E-state index in [1.165, 1.54) is 24.1 Å². The Balaban J connectivity index is 2.06. The molecule has 1 aliphatic heterocycles. The van der Waals surface area contributed by atoms with Gasteiger partial charge in [-0.1, -0.05) is 6.42 Å². The maximum atomic E-state index is 9.19. The second kappa shape index (κ2) is 6.68. The SMILES string of the molecule is Cc1nc(N(C)C)sc1CN1CCCCC1CCO. The van der Waals surface area contributed by atoms with Crippen molar-refractivity contribution in [1.82, 2.24) is 9.88 Å². The number of aryl methyl sites for hydroxylation is 1. The Morgan fingerprint density at radius 3 is 2.84 bits per heavy atom. The summed E-state index contributed by atoms with van der Waals surface area (Å²) in [5.41, 5.74) is 1.15. The summed E-state index contributed by atoms with van der Waals surface area (Å²) in [6.07, 6.45) is 4.70. The van der Waals surface area contributed by atoms with Crippen LogP contribution in [-0.2, 0) is 6.54 Å². The quantitative estimate of drug-likeness (QED) is 0.900. The van der Waals surface area contributed by atoms with Crippen LogP contribution >= 0.6 is 11.3 Å². The summed E-state index contributed by atoms with van der Waals surface area (Å²) in [5.74, 6) is 0. The van der Waals surface area contributed by atoms with Gasteiger partial charge < -0.3 is 10.0 Å². The first-order valence-electron chi connectivity index (χ1n) is 7.10. The van der Waals surface area contributed by atoms with E-state index in [1.807, 2.05) is 14.1 Å². The molecule has 1 N–H and O–H groups in total. The van der Waals surface area contributed by atoms with E-state index >= 15 is 0 Å². The zero-order valence-electron chi connectivity index (χ0n) is 12.2. The number of aromatic nitrogens is 1. The van der Waals surface area contributed by atoms with Gasteiger partial charge >= 0.3 is 0 Å². The highest BCUT2D eigenvalue weighted by Gasteiger charge is 2.23. The first-order valence-corrected chi connectivity index (χ1v) is 7.92. The topological polar surface area (TPSA) is 39.6 Å². The monoisotopic (exact) mass is 283 g/mol. The molecule has 0 aliphatic carbocycles. The minimum Gasteiger partial charge on any atom is -0.396 e. The molecule has 1 aromatic heterocycles. The van der Waals surface area contributed by atoms with Crippen molar-refractivity contribution in [1.29, 1.82) is 0 Å². The van der Waals surface area contributed by atoms with Crippen molar-refractivity contribution in [3.05, 3.63) is 10.6 Å². The third-order valence-electron chi connectivity index (χ3n) is 3.82. The fraction of sp³-hybridized carbons (Fsp3) is 0.786. The van der Waals surface area contributed by atoms with Crippen LogP contribution in [0.25, 0.3) is 0 Å². The highest BCUT2D eigenvalue weighted by molar-refractivity contribution is 7.15. The zero-order valence-corrected chi connectivity index (χ0v) is 13.0. The number of nitrogens with zero attached hydrogens (tertiary/aromatic N) is 3. The Bertz CT molecular complexity index is 403. The number of rotatable bonds is 5. The van der Waals surface area contributed by atoms with Gasteiger partial charge in [0.2, 0.25) is 0 Å². The summed E-state index contributed by atoms with van der Waals surface area (Å²) in [6.45, 7) is 4.54. The molecule has 19 heavy (non-hydrogen) atoms. The van der Waals surface area contributed by atoms with Gasteiger partial charge in [0.25, 0.3) is 0 Å². The van der Waals surface area contributed by atoms with E-state index in [2.05, 4.69) is 21.7 Å². The van der Waals surface area contributed by atoms with E-state index in [0.29, 0.717) is 12.6 Å². The van der Waals surface area contributed by atoms with Crippen molar-refractivity contribution in [2.45, 2.75) is 45.2 Å². The van der Waals surface area contributed by atoms with Crippen LogP contribution in [0.15, 0.2) is 0 Å². The molecule has 1 aliphatic rings. The van der Waals surface area contributed by atoms with Crippen LogP contribution in [0.2, 0.25) is 0 Å². The second-order valence-corrected chi connectivity index (χ2v) is 6.59. The van der Waals surface area contributed by atoms with Gasteiger partial charge in [0.15, 0.2) is 5.13 Å². The van der Waals surface area contributed by atoms with Gasteiger partial charge in [-0.25, -0.2) is 4.98 Å². The van der Waals surface area contributed by atoms with Crippen molar-refractivity contribution in [3.63, 3.8) is 0 Å². The van der Waals surface area contributed by atoms with Crippen LogP contribution in [0.1, 0.15) is 36.3 Å². The number of aliphatic hydroxyl groups excluding tert-OH is 1. The Hall–Kier alpha value is -0.650. The van der Waals surface area contributed by atoms with Gasteiger partial charge in [0.1, 0.15) is 0 Å². The fourth-order valence-corrected chi connectivity index (χ4v) is 3.69. The summed E-state index contributed by atoms with van der Waals surface area (Å²) in [6, 6.07) is 0.544. The molecule has 0 aromatic carbocycles. The minimum absolute atomic E-state index is 0.297. The normalized spacial score (nSPS) is 20.7. The fourth-order valence-electron chi connectivity index (χ4n) is 2.68. The molecule has 108 valence electrons. The maximum Gasteiger partial charge on any atom is 0.185 e. The third kappa shape index (κ3) is 3.68. The molecule has 5 heteroatoms. The lowest BCUT2D eigenvalue weighted by Crippen LogP contribution is -2.39. The van der Waals surface area contributed by atoms with Gasteiger partial charge in [0.05, 0.1) is 5.69 Å². The molecule has 4 nitrogen and oxygen atoms in total. The first kappa shape index (κ1) is 14.8. The van der Waals surface area contributed by atoms with Crippen LogP contribution in [0.5, 0.6) is 0 Å². The van der Waals surface area contributed by atoms with Crippen molar-refractivity contribution in [3.8, 4) is 0 Å². The Morgan fingerprint density at radius 1 is 1.42 bits per heavy atom. The third-order valence-corrected chi connectivity index (χ3v) is 5.13. The van der Waals surface area contributed by atoms with Gasteiger partial charge in [-0.2, -0.15) is 0 Å². The van der Waals surface area contributed by atoms with E-state index in [9.17, 15) is 5.11 Å². The lowest BCUT2D eigenvalue weighted by atomic mass is 9.99. The van der Waals surface area contributed by atoms with Crippen molar-refractivity contribution in [2.24, 2.45) is 0 Å². The van der Waals surface area contributed by atoms with E-state index in [1.54, 1.807) is 11.3 Å². The molecule has 1 unspecified atom stereocenters. The standard InChI is InChI=1S/C14H25N3OS/c1-11-13(19-14(15-11)16(2)3)10-17-8-5-4-6-12(17)7-9-18/h12,18H,4-10H2,1-3H3. The average molecular weight is 283 g/mol. The van der Waals surface area contributed by atoms with Crippen molar-refractivity contribution >= 4 is 16.5 Å². The van der Waals surface area contributed by atoms with Gasteiger partial charge in [0, 0.05) is 38.2 Å². The maximum absolute atomic E-state index is 9.19. The number of likely N-dealkylation sites (tertiary alicyclic amines) is 1. The van der Waals surface area contributed by atoms with Crippen molar-refractivity contribution in [2.75, 3.05) is 32.1 Å². The Kier molecular flexibility index (Phi) is 5.19. The largest absolute Gasteiger partial charge is 0.396 e.